The van der Waals surface area contributed by atoms with E-state index in [0.29, 0.717) is 42.6 Å². The van der Waals surface area contributed by atoms with Crippen LogP contribution in [0.25, 0.3) is 0 Å². The number of sulfonamides is 1. The normalized spacial score (nSPS) is 15.0. The first-order valence-corrected chi connectivity index (χ1v) is 11.8. The maximum atomic E-state index is 12.7. The van der Waals surface area contributed by atoms with Crippen LogP contribution >= 0.6 is 0 Å². The van der Waals surface area contributed by atoms with Crippen molar-refractivity contribution < 1.29 is 37.0 Å². The zero-order valence-electron chi connectivity index (χ0n) is 18.5. The van der Waals surface area contributed by atoms with Crippen LogP contribution < -0.4 is 24.2 Å². The van der Waals surface area contributed by atoms with E-state index in [4.69, 9.17) is 18.9 Å². The summed E-state index contributed by atoms with van der Waals surface area (Å²) in [6, 6.07) is 9.72. The van der Waals surface area contributed by atoms with Gasteiger partial charge in [-0.2, -0.15) is 4.72 Å². The van der Waals surface area contributed by atoms with Crippen molar-refractivity contribution in [3.63, 3.8) is 0 Å². The summed E-state index contributed by atoms with van der Waals surface area (Å²) in [6.45, 7) is 3.59. The second kappa shape index (κ2) is 10.5. The largest absolute Gasteiger partial charge is 0.495 e. The van der Waals surface area contributed by atoms with Gasteiger partial charge in [-0.25, -0.2) is 8.42 Å². The summed E-state index contributed by atoms with van der Waals surface area (Å²) < 4.78 is 49.1. The molecule has 0 aromatic heterocycles. The Kier molecular flexibility index (Phi) is 7.77. The first kappa shape index (κ1) is 24.3. The minimum atomic E-state index is -4.07. The van der Waals surface area contributed by atoms with Gasteiger partial charge in [0.1, 0.15) is 11.8 Å². The quantitative estimate of drug-likeness (QED) is 0.552. The van der Waals surface area contributed by atoms with Crippen molar-refractivity contribution in [2.24, 2.45) is 0 Å². The van der Waals surface area contributed by atoms with E-state index in [1.807, 2.05) is 0 Å². The Bertz CT molecular complexity index is 1120. The smallest absolute Gasteiger partial charge is 0.324 e. The highest BCUT2D eigenvalue weighted by Crippen LogP contribution is 2.32. The van der Waals surface area contributed by atoms with E-state index in [0.717, 1.165) is 0 Å². The fourth-order valence-corrected chi connectivity index (χ4v) is 4.18. The van der Waals surface area contributed by atoms with Gasteiger partial charge in [-0.15, -0.1) is 0 Å². The Morgan fingerprint density at radius 2 is 1.73 bits per heavy atom. The minimum absolute atomic E-state index is 0.0895. The standard InChI is InChI=1S/C22H26N2O8S/c1-14(22(26)32-15(2)21(25)23-17-7-4-5-8-18(17)29-3)24-33(27,28)16-9-10-19-20(13-16)31-12-6-11-30-19/h4-5,7-10,13-15,24H,6,11-12H2,1-3H3,(H,23,25)/t14-,15-/m0/s1. The average Bonchev–Trinajstić information content (AvgIpc) is 3.04. The molecule has 0 aliphatic carbocycles. The molecule has 33 heavy (non-hydrogen) atoms. The number of ether oxygens (including phenoxy) is 4. The number of carbonyl (C=O) groups excluding carboxylic acids is 2. The number of benzene rings is 2. The summed E-state index contributed by atoms with van der Waals surface area (Å²) in [4.78, 5) is 24.7. The van der Waals surface area contributed by atoms with Gasteiger partial charge in [0, 0.05) is 12.5 Å². The predicted molar refractivity (Wildman–Crippen MR) is 119 cm³/mol. The zero-order valence-corrected chi connectivity index (χ0v) is 19.3. The summed E-state index contributed by atoms with van der Waals surface area (Å²) in [7, 11) is -2.60. The van der Waals surface area contributed by atoms with Gasteiger partial charge in [0.05, 0.1) is 30.9 Å². The molecule has 2 N–H and O–H groups in total. The van der Waals surface area contributed by atoms with Crippen LogP contribution in [0.4, 0.5) is 5.69 Å². The number of fused-ring (bicyclic) bond motifs is 1. The molecule has 0 radical (unpaired) electrons. The molecule has 10 nitrogen and oxygen atoms in total. The Morgan fingerprint density at radius 3 is 2.45 bits per heavy atom. The van der Waals surface area contributed by atoms with Gasteiger partial charge in [0.15, 0.2) is 17.6 Å². The van der Waals surface area contributed by atoms with Gasteiger partial charge in [0.25, 0.3) is 5.91 Å². The molecule has 2 atom stereocenters. The van der Waals surface area contributed by atoms with Crippen LogP contribution in [-0.4, -0.2) is 52.8 Å². The van der Waals surface area contributed by atoms with Crippen molar-refractivity contribution in [2.75, 3.05) is 25.6 Å². The summed E-state index contributed by atoms with van der Waals surface area (Å²) in [5.74, 6) is -0.289. The van der Waals surface area contributed by atoms with Gasteiger partial charge in [-0.3, -0.25) is 9.59 Å². The van der Waals surface area contributed by atoms with Crippen LogP contribution in [0.15, 0.2) is 47.4 Å². The Hall–Kier alpha value is -3.31. The number of esters is 1. The summed E-state index contributed by atoms with van der Waals surface area (Å²) in [5.41, 5.74) is 0.413. The fourth-order valence-electron chi connectivity index (χ4n) is 2.97. The molecular weight excluding hydrogens is 452 g/mol. The number of hydrogen-bond acceptors (Lipinski definition) is 8. The molecule has 11 heteroatoms. The average molecular weight is 479 g/mol. The van der Waals surface area contributed by atoms with Gasteiger partial charge >= 0.3 is 5.97 Å². The second-order valence-corrected chi connectivity index (χ2v) is 8.98. The lowest BCUT2D eigenvalue weighted by molar-refractivity contribution is -0.154. The Labute approximate surface area is 192 Å². The number of amides is 1. The molecular formula is C22H26N2O8S. The number of para-hydroxylation sites is 2. The lowest BCUT2D eigenvalue weighted by atomic mass is 10.2. The van der Waals surface area contributed by atoms with Crippen molar-refractivity contribution in [2.45, 2.75) is 37.3 Å². The van der Waals surface area contributed by atoms with E-state index in [1.54, 1.807) is 24.3 Å². The van der Waals surface area contributed by atoms with E-state index in [9.17, 15) is 18.0 Å². The van der Waals surface area contributed by atoms with Crippen molar-refractivity contribution in [1.82, 2.24) is 4.72 Å². The highest BCUT2D eigenvalue weighted by atomic mass is 32.2. The van der Waals surface area contributed by atoms with Crippen LogP contribution in [0.1, 0.15) is 20.3 Å². The number of nitrogens with one attached hydrogen (secondary N) is 2. The summed E-state index contributed by atoms with van der Waals surface area (Å²) in [5, 5.41) is 2.61. The van der Waals surface area contributed by atoms with Crippen LogP contribution in [0.3, 0.4) is 0 Å². The zero-order chi connectivity index (χ0) is 24.0. The van der Waals surface area contributed by atoms with Crippen LogP contribution in [0, 0.1) is 0 Å². The number of carbonyl (C=O) groups is 2. The van der Waals surface area contributed by atoms with E-state index in [2.05, 4.69) is 10.0 Å². The van der Waals surface area contributed by atoms with Crippen molar-refractivity contribution >= 4 is 27.6 Å². The van der Waals surface area contributed by atoms with E-state index in [-0.39, 0.29) is 4.90 Å². The van der Waals surface area contributed by atoms with Crippen molar-refractivity contribution in [3.8, 4) is 17.2 Å². The molecule has 1 amide bonds. The van der Waals surface area contributed by atoms with Crippen molar-refractivity contribution in [3.05, 3.63) is 42.5 Å². The third kappa shape index (κ3) is 6.14. The summed E-state index contributed by atoms with van der Waals surface area (Å²) in [6.07, 6.45) is -0.492. The number of anilines is 1. The Morgan fingerprint density at radius 1 is 1.03 bits per heavy atom. The molecule has 3 rings (SSSR count). The first-order chi connectivity index (χ1) is 15.7. The molecule has 1 heterocycles. The number of rotatable bonds is 8. The lowest BCUT2D eigenvalue weighted by Crippen LogP contribution is -2.42. The maximum Gasteiger partial charge on any atom is 0.324 e. The van der Waals surface area contributed by atoms with Gasteiger partial charge in [-0.1, -0.05) is 12.1 Å². The highest BCUT2D eigenvalue weighted by Gasteiger charge is 2.27. The fraction of sp³-hybridized carbons (Fsp3) is 0.364. The molecule has 0 spiro atoms. The number of methoxy groups -OCH3 is 1. The molecule has 0 saturated carbocycles. The molecule has 1 aliphatic rings. The van der Waals surface area contributed by atoms with Gasteiger partial charge in [-0.05, 0) is 38.1 Å². The third-order valence-electron chi connectivity index (χ3n) is 4.74. The predicted octanol–water partition coefficient (Wildman–Crippen LogP) is 2.09. The van der Waals surface area contributed by atoms with Crippen molar-refractivity contribution in [1.29, 1.82) is 0 Å². The van der Waals surface area contributed by atoms with Crippen LogP contribution in [0.5, 0.6) is 17.2 Å². The molecule has 2 aromatic rings. The summed E-state index contributed by atoms with van der Waals surface area (Å²) >= 11 is 0. The molecule has 1 aliphatic heterocycles. The Balaban J connectivity index is 1.61. The van der Waals surface area contributed by atoms with E-state index >= 15 is 0 Å². The molecule has 0 bridgehead atoms. The van der Waals surface area contributed by atoms with E-state index < -0.39 is 34.0 Å². The van der Waals surface area contributed by atoms with Gasteiger partial charge in [0.2, 0.25) is 10.0 Å². The monoisotopic (exact) mass is 478 g/mol. The topological polar surface area (TPSA) is 129 Å². The van der Waals surface area contributed by atoms with E-state index in [1.165, 1.54) is 39.2 Å². The minimum Gasteiger partial charge on any atom is -0.495 e. The molecule has 2 aromatic carbocycles. The van der Waals surface area contributed by atoms with Gasteiger partial charge < -0.3 is 24.3 Å². The van der Waals surface area contributed by atoms with Crippen LogP contribution in [-0.2, 0) is 24.3 Å². The maximum absolute atomic E-state index is 12.7. The number of hydrogen-bond donors (Lipinski definition) is 2. The highest BCUT2D eigenvalue weighted by molar-refractivity contribution is 7.89. The third-order valence-corrected chi connectivity index (χ3v) is 6.28. The second-order valence-electron chi connectivity index (χ2n) is 7.27. The molecule has 0 saturated heterocycles. The molecule has 0 fully saturated rings. The molecule has 178 valence electrons. The SMILES string of the molecule is COc1ccccc1NC(=O)[C@H](C)OC(=O)[C@H](C)NS(=O)(=O)c1ccc2c(c1)OCCCO2. The molecule has 0 unspecified atom stereocenters. The van der Waals surface area contributed by atoms with Crippen LogP contribution in [0.2, 0.25) is 0 Å². The first-order valence-electron chi connectivity index (χ1n) is 10.3. The lowest BCUT2D eigenvalue weighted by Gasteiger charge is -2.18.